The Bertz CT molecular complexity index is 274. The summed E-state index contributed by atoms with van der Waals surface area (Å²) in [4.78, 5) is 5.27. The Labute approximate surface area is 127 Å². The Morgan fingerprint density at radius 3 is 1.95 bits per heavy atom. The molecule has 0 aromatic heterocycles. The van der Waals surface area contributed by atoms with Crippen LogP contribution in [0.15, 0.2) is 0 Å². The van der Waals surface area contributed by atoms with Gasteiger partial charge in [-0.05, 0) is 32.6 Å². The molecule has 1 heterocycles. The molecule has 0 aliphatic carbocycles. The van der Waals surface area contributed by atoms with Crippen LogP contribution in [0.1, 0.15) is 54.9 Å². The number of piperazine rings is 1. The van der Waals surface area contributed by atoms with Crippen LogP contribution in [0.2, 0.25) is 0 Å². The summed E-state index contributed by atoms with van der Waals surface area (Å²) in [6.07, 6.45) is 1.24. The third kappa shape index (κ3) is 5.71. The first-order chi connectivity index (χ1) is 9.16. The monoisotopic (exact) mass is 283 g/mol. The van der Waals surface area contributed by atoms with Gasteiger partial charge in [0.15, 0.2) is 0 Å². The Morgan fingerprint density at radius 2 is 1.55 bits per heavy atom. The summed E-state index contributed by atoms with van der Waals surface area (Å²) in [6.45, 7) is 23.4. The lowest BCUT2D eigenvalue weighted by Crippen LogP contribution is -2.55. The summed E-state index contributed by atoms with van der Waals surface area (Å²) in [6, 6.07) is 0.582. The van der Waals surface area contributed by atoms with Gasteiger partial charge < -0.3 is 10.2 Å². The molecule has 1 fully saturated rings. The molecular weight excluding hydrogens is 246 g/mol. The fraction of sp³-hybridized carbons (Fsp3) is 1.00. The first kappa shape index (κ1) is 17.9. The van der Waals surface area contributed by atoms with E-state index >= 15 is 0 Å². The third-order valence-corrected chi connectivity index (χ3v) is 4.72. The van der Waals surface area contributed by atoms with E-state index in [0.29, 0.717) is 17.0 Å². The lowest BCUT2D eigenvalue weighted by atomic mass is 9.86. The van der Waals surface area contributed by atoms with Crippen molar-refractivity contribution in [2.45, 2.75) is 66.5 Å². The standard InChI is InChI=1S/C17H37N3/c1-8-17(7,13-18-15(2)3)14-19-9-11-20(12-10-19)16(4,5)6/h15,18H,8-14H2,1-7H3. The second-order valence-corrected chi connectivity index (χ2v) is 8.13. The summed E-state index contributed by atoms with van der Waals surface area (Å²) in [5.74, 6) is 0. The number of nitrogens with zero attached hydrogens (tertiary/aromatic N) is 2. The predicted molar refractivity (Wildman–Crippen MR) is 89.3 cm³/mol. The highest BCUT2D eigenvalue weighted by atomic mass is 15.3. The summed E-state index contributed by atoms with van der Waals surface area (Å²) in [5.41, 5.74) is 0.716. The molecule has 0 bridgehead atoms. The zero-order chi connectivity index (χ0) is 15.4. The Hall–Kier alpha value is -0.120. The maximum atomic E-state index is 3.62. The van der Waals surface area contributed by atoms with E-state index in [4.69, 9.17) is 0 Å². The van der Waals surface area contributed by atoms with Crippen molar-refractivity contribution in [3.63, 3.8) is 0 Å². The van der Waals surface area contributed by atoms with Crippen molar-refractivity contribution in [1.29, 1.82) is 0 Å². The highest BCUT2D eigenvalue weighted by Crippen LogP contribution is 2.24. The minimum atomic E-state index is 0.319. The van der Waals surface area contributed by atoms with Gasteiger partial charge in [0, 0.05) is 50.8 Å². The van der Waals surface area contributed by atoms with Crippen LogP contribution in [0.25, 0.3) is 0 Å². The first-order valence-corrected chi connectivity index (χ1v) is 8.37. The van der Waals surface area contributed by atoms with Gasteiger partial charge in [-0.2, -0.15) is 0 Å². The van der Waals surface area contributed by atoms with Crippen LogP contribution >= 0.6 is 0 Å². The largest absolute Gasteiger partial charge is 0.314 e. The zero-order valence-corrected chi connectivity index (χ0v) is 14.9. The van der Waals surface area contributed by atoms with E-state index in [1.165, 1.54) is 39.1 Å². The normalized spacial score (nSPS) is 22.2. The van der Waals surface area contributed by atoms with Crippen molar-refractivity contribution < 1.29 is 0 Å². The first-order valence-electron chi connectivity index (χ1n) is 8.37. The Balaban J connectivity index is 2.44. The van der Waals surface area contributed by atoms with Crippen molar-refractivity contribution in [3.05, 3.63) is 0 Å². The van der Waals surface area contributed by atoms with Gasteiger partial charge in [-0.25, -0.2) is 0 Å². The highest BCUT2D eigenvalue weighted by molar-refractivity contribution is 4.86. The van der Waals surface area contributed by atoms with Gasteiger partial charge in [0.1, 0.15) is 0 Å². The molecule has 1 aliphatic rings. The Kier molecular flexibility index (Phi) is 6.49. The molecule has 1 unspecified atom stereocenters. The van der Waals surface area contributed by atoms with E-state index in [1.807, 2.05) is 0 Å². The third-order valence-electron chi connectivity index (χ3n) is 4.72. The molecule has 0 spiro atoms. The fourth-order valence-corrected chi connectivity index (χ4v) is 2.86. The Morgan fingerprint density at radius 1 is 1.00 bits per heavy atom. The van der Waals surface area contributed by atoms with Gasteiger partial charge >= 0.3 is 0 Å². The molecule has 0 radical (unpaired) electrons. The zero-order valence-electron chi connectivity index (χ0n) is 14.9. The number of hydrogen-bond donors (Lipinski definition) is 1. The van der Waals surface area contributed by atoms with Crippen molar-refractivity contribution in [3.8, 4) is 0 Å². The van der Waals surface area contributed by atoms with Gasteiger partial charge in [0.25, 0.3) is 0 Å². The van der Waals surface area contributed by atoms with Crippen molar-refractivity contribution in [2.24, 2.45) is 5.41 Å². The molecule has 0 aromatic carbocycles. The average molecular weight is 284 g/mol. The predicted octanol–water partition coefficient (Wildman–Crippen LogP) is 2.82. The number of nitrogens with one attached hydrogen (secondary N) is 1. The highest BCUT2D eigenvalue weighted by Gasteiger charge is 2.30. The quantitative estimate of drug-likeness (QED) is 0.809. The van der Waals surface area contributed by atoms with Gasteiger partial charge in [-0.3, -0.25) is 4.90 Å². The molecule has 1 rings (SSSR count). The maximum absolute atomic E-state index is 3.62. The van der Waals surface area contributed by atoms with Crippen LogP contribution in [-0.2, 0) is 0 Å². The maximum Gasteiger partial charge on any atom is 0.0126 e. The summed E-state index contributed by atoms with van der Waals surface area (Å²) < 4.78 is 0. The number of rotatable bonds is 6. The summed E-state index contributed by atoms with van der Waals surface area (Å²) >= 11 is 0. The van der Waals surface area contributed by atoms with E-state index < -0.39 is 0 Å². The molecule has 0 amide bonds. The smallest absolute Gasteiger partial charge is 0.0126 e. The van der Waals surface area contributed by atoms with Crippen LogP contribution in [0.5, 0.6) is 0 Å². The van der Waals surface area contributed by atoms with Crippen LogP contribution in [0.3, 0.4) is 0 Å². The van der Waals surface area contributed by atoms with Gasteiger partial charge in [-0.15, -0.1) is 0 Å². The second-order valence-electron chi connectivity index (χ2n) is 8.13. The molecule has 3 nitrogen and oxygen atoms in total. The molecule has 1 saturated heterocycles. The van der Waals surface area contributed by atoms with Crippen molar-refractivity contribution in [2.75, 3.05) is 39.3 Å². The van der Waals surface area contributed by atoms with Crippen LogP contribution in [-0.4, -0.2) is 60.6 Å². The van der Waals surface area contributed by atoms with E-state index in [0.717, 1.165) is 6.54 Å². The van der Waals surface area contributed by atoms with E-state index in [-0.39, 0.29) is 0 Å². The SMILES string of the molecule is CCC(C)(CNC(C)C)CN1CCN(C(C)(C)C)CC1. The molecule has 3 heteroatoms. The topological polar surface area (TPSA) is 18.5 Å². The van der Waals surface area contributed by atoms with Crippen molar-refractivity contribution in [1.82, 2.24) is 15.1 Å². The van der Waals surface area contributed by atoms with Crippen LogP contribution in [0.4, 0.5) is 0 Å². The summed E-state index contributed by atoms with van der Waals surface area (Å²) in [7, 11) is 0. The van der Waals surface area contributed by atoms with Gasteiger partial charge in [0.2, 0.25) is 0 Å². The molecule has 120 valence electrons. The van der Waals surface area contributed by atoms with Crippen LogP contribution in [0, 0.1) is 5.41 Å². The molecular formula is C17H37N3. The average Bonchev–Trinajstić information content (AvgIpc) is 2.36. The molecule has 1 aliphatic heterocycles. The van der Waals surface area contributed by atoms with Crippen molar-refractivity contribution >= 4 is 0 Å². The fourth-order valence-electron chi connectivity index (χ4n) is 2.86. The lowest BCUT2D eigenvalue weighted by molar-refractivity contribution is 0.0412. The lowest BCUT2D eigenvalue weighted by Gasteiger charge is -2.44. The molecule has 0 saturated carbocycles. The molecule has 1 N–H and O–H groups in total. The van der Waals surface area contributed by atoms with E-state index in [1.54, 1.807) is 0 Å². The van der Waals surface area contributed by atoms with Gasteiger partial charge in [0.05, 0.1) is 0 Å². The van der Waals surface area contributed by atoms with Crippen LogP contribution < -0.4 is 5.32 Å². The number of hydrogen-bond acceptors (Lipinski definition) is 3. The van der Waals surface area contributed by atoms with Gasteiger partial charge in [-0.1, -0.05) is 27.7 Å². The van der Waals surface area contributed by atoms with E-state index in [2.05, 4.69) is 63.6 Å². The summed E-state index contributed by atoms with van der Waals surface area (Å²) in [5, 5.41) is 3.62. The molecule has 0 aromatic rings. The van der Waals surface area contributed by atoms with E-state index in [9.17, 15) is 0 Å². The minimum absolute atomic E-state index is 0.319. The molecule has 20 heavy (non-hydrogen) atoms. The minimum Gasteiger partial charge on any atom is -0.314 e. The molecule has 1 atom stereocenters. The second kappa shape index (κ2) is 7.24.